The largest absolute Gasteiger partial charge is 0.481 e. The van der Waals surface area contributed by atoms with E-state index in [9.17, 15) is 9.59 Å². The third kappa shape index (κ3) is 3.51. The number of likely N-dealkylation sites (tertiary alicyclic amines) is 1. The number of ether oxygens (including phenoxy) is 1. The van der Waals surface area contributed by atoms with Crippen LogP contribution in [-0.4, -0.2) is 47.7 Å². The lowest BCUT2D eigenvalue weighted by Gasteiger charge is -2.29. The van der Waals surface area contributed by atoms with E-state index in [-0.39, 0.29) is 24.5 Å². The molecule has 2 rings (SSSR count). The third-order valence-corrected chi connectivity index (χ3v) is 4.74. The Kier molecular flexibility index (Phi) is 5.02. The molecular formula is C15H25NO4. The van der Waals surface area contributed by atoms with Crippen LogP contribution in [0.25, 0.3) is 0 Å². The molecule has 2 fully saturated rings. The second kappa shape index (κ2) is 6.57. The topological polar surface area (TPSA) is 66.8 Å². The molecular weight excluding hydrogens is 258 g/mol. The quantitative estimate of drug-likeness (QED) is 0.853. The SMILES string of the molecule is CC1CCCCC1OCC(=O)N1C[C@@H](C)[C@H](C(=O)O)C1. The molecule has 20 heavy (non-hydrogen) atoms. The summed E-state index contributed by atoms with van der Waals surface area (Å²) >= 11 is 0. The molecule has 5 heteroatoms. The van der Waals surface area contributed by atoms with Gasteiger partial charge < -0.3 is 14.7 Å². The highest BCUT2D eigenvalue weighted by Gasteiger charge is 2.37. The van der Waals surface area contributed by atoms with Crippen LogP contribution in [0.2, 0.25) is 0 Å². The van der Waals surface area contributed by atoms with Gasteiger partial charge in [0.05, 0.1) is 12.0 Å². The summed E-state index contributed by atoms with van der Waals surface area (Å²) in [5.41, 5.74) is 0. The van der Waals surface area contributed by atoms with Crippen LogP contribution in [-0.2, 0) is 14.3 Å². The van der Waals surface area contributed by atoms with E-state index in [1.54, 1.807) is 4.90 Å². The molecule has 1 saturated carbocycles. The zero-order valence-corrected chi connectivity index (χ0v) is 12.4. The molecule has 1 saturated heterocycles. The summed E-state index contributed by atoms with van der Waals surface area (Å²) in [5, 5.41) is 9.08. The summed E-state index contributed by atoms with van der Waals surface area (Å²) in [6.07, 6.45) is 4.80. The molecule has 1 heterocycles. The van der Waals surface area contributed by atoms with Gasteiger partial charge in [-0.15, -0.1) is 0 Å². The van der Waals surface area contributed by atoms with Crippen LogP contribution in [0.15, 0.2) is 0 Å². The molecule has 0 aromatic heterocycles. The summed E-state index contributed by atoms with van der Waals surface area (Å²) in [4.78, 5) is 24.8. The van der Waals surface area contributed by atoms with Gasteiger partial charge >= 0.3 is 5.97 Å². The first-order valence-corrected chi connectivity index (χ1v) is 7.61. The molecule has 1 aliphatic heterocycles. The van der Waals surface area contributed by atoms with Crippen molar-refractivity contribution >= 4 is 11.9 Å². The Bertz CT molecular complexity index is 371. The monoisotopic (exact) mass is 283 g/mol. The number of amides is 1. The molecule has 0 spiro atoms. The van der Waals surface area contributed by atoms with Crippen molar-refractivity contribution in [3.05, 3.63) is 0 Å². The maximum Gasteiger partial charge on any atom is 0.308 e. The maximum absolute atomic E-state index is 12.1. The Balaban J connectivity index is 1.79. The van der Waals surface area contributed by atoms with Gasteiger partial charge in [-0.2, -0.15) is 0 Å². The van der Waals surface area contributed by atoms with Crippen LogP contribution in [0.3, 0.4) is 0 Å². The minimum atomic E-state index is -0.811. The summed E-state index contributed by atoms with van der Waals surface area (Å²) in [5.74, 6) is -0.786. The second-order valence-electron chi connectivity index (χ2n) is 6.33. The minimum absolute atomic E-state index is 0.0186. The lowest BCUT2D eigenvalue weighted by molar-refractivity contribution is -0.143. The molecule has 5 nitrogen and oxygen atoms in total. The van der Waals surface area contributed by atoms with E-state index in [0.29, 0.717) is 19.0 Å². The van der Waals surface area contributed by atoms with Gasteiger partial charge in [0.1, 0.15) is 6.61 Å². The average molecular weight is 283 g/mol. The van der Waals surface area contributed by atoms with Gasteiger partial charge in [-0.1, -0.05) is 26.7 Å². The lowest BCUT2D eigenvalue weighted by atomic mass is 9.88. The van der Waals surface area contributed by atoms with Gasteiger partial charge in [0.25, 0.3) is 0 Å². The summed E-state index contributed by atoms with van der Waals surface area (Å²) in [6, 6.07) is 0. The van der Waals surface area contributed by atoms with Crippen molar-refractivity contribution in [3.8, 4) is 0 Å². The molecule has 1 amide bonds. The molecule has 1 N–H and O–H groups in total. The van der Waals surface area contributed by atoms with Gasteiger partial charge in [-0.05, 0) is 24.7 Å². The highest BCUT2D eigenvalue weighted by Crippen LogP contribution is 2.27. The summed E-state index contributed by atoms with van der Waals surface area (Å²) in [7, 11) is 0. The number of rotatable bonds is 4. The first-order valence-electron chi connectivity index (χ1n) is 7.61. The Morgan fingerprint density at radius 3 is 2.45 bits per heavy atom. The Hall–Kier alpha value is -1.10. The van der Waals surface area contributed by atoms with Gasteiger partial charge in [0.2, 0.25) is 5.91 Å². The van der Waals surface area contributed by atoms with Crippen molar-refractivity contribution < 1.29 is 19.4 Å². The van der Waals surface area contributed by atoms with Crippen LogP contribution in [0.5, 0.6) is 0 Å². The fourth-order valence-corrected chi connectivity index (χ4v) is 3.29. The second-order valence-corrected chi connectivity index (χ2v) is 6.33. The van der Waals surface area contributed by atoms with Crippen molar-refractivity contribution in [3.63, 3.8) is 0 Å². The van der Waals surface area contributed by atoms with Gasteiger partial charge in [0.15, 0.2) is 0 Å². The van der Waals surface area contributed by atoms with Gasteiger partial charge in [-0.25, -0.2) is 0 Å². The number of carbonyl (C=O) groups excluding carboxylic acids is 1. The van der Waals surface area contributed by atoms with Crippen LogP contribution in [0.4, 0.5) is 0 Å². The summed E-state index contributed by atoms with van der Waals surface area (Å²) < 4.78 is 5.76. The zero-order chi connectivity index (χ0) is 14.7. The van der Waals surface area contributed by atoms with E-state index in [2.05, 4.69) is 6.92 Å². The smallest absolute Gasteiger partial charge is 0.308 e. The van der Waals surface area contributed by atoms with Crippen molar-refractivity contribution in [2.45, 2.75) is 45.6 Å². The van der Waals surface area contributed by atoms with Crippen LogP contribution in [0, 0.1) is 17.8 Å². The normalized spacial score (nSPS) is 34.2. The molecule has 1 aliphatic carbocycles. The number of carbonyl (C=O) groups is 2. The van der Waals surface area contributed by atoms with Crippen LogP contribution < -0.4 is 0 Å². The van der Waals surface area contributed by atoms with Crippen LogP contribution in [0.1, 0.15) is 39.5 Å². The number of carboxylic acid groups (broad SMARTS) is 1. The average Bonchev–Trinajstić information content (AvgIpc) is 2.80. The first kappa shape index (κ1) is 15.3. The lowest BCUT2D eigenvalue weighted by Crippen LogP contribution is -2.36. The Labute approximate surface area is 120 Å². The van der Waals surface area contributed by atoms with E-state index in [4.69, 9.17) is 9.84 Å². The molecule has 0 radical (unpaired) electrons. The van der Waals surface area contributed by atoms with Crippen molar-refractivity contribution in [1.82, 2.24) is 4.90 Å². The third-order valence-electron chi connectivity index (χ3n) is 4.74. The number of hydrogen-bond acceptors (Lipinski definition) is 3. The molecule has 4 atom stereocenters. The van der Waals surface area contributed by atoms with Crippen molar-refractivity contribution in [2.24, 2.45) is 17.8 Å². The van der Waals surface area contributed by atoms with E-state index < -0.39 is 11.9 Å². The predicted molar refractivity (Wildman–Crippen MR) is 74.2 cm³/mol. The fraction of sp³-hybridized carbons (Fsp3) is 0.867. The van der Waals surface area contributed by atoms with E-state index in [0.717, 1.165) is 6.42 Å². The minimum Gasteiger partial charge on any atom is -0.481 e. The number of hydrogen-bond donors (Lipinski definition) is 1. The van der Waals surface area contributed by atoms with Crippen molar-refractivity contribution in [1.29, 1.82) is 0 Å². The van der Waals surface area contributed by atoms with Crippen molar-refractivity contribution in [2.75, 3.05) is 19.7 Å². The Morgan fingerprint density at radius 2 is 1.85 bits per heavy atom. The number of aliphatic carboxylic acids is 1. The predicted octanol–water partition coefficient (Wildman–Crippen LogP) is 1.76. The zero-order valence-electron chi connectivity index (χ0n) is 12.4. The molecule has 0 aromatic rings. The van der Waals surface area contributed by atoms with E-state index in [1.807, 2.05) is 6.92 Å². The van der Waals surface area contributed by atoms with Crippen LogP contribution >= 0.6 is 0 Å². The Morgan fingerprint density at radius 1 is 1.15 bits per heavy atom. The first-order chi connectivity index (χ1) is 9.49. The van der Waals surface area contributed by atoms with E-state index in [1.165, 1.54) is 19.3 Å². The molecule has 2 aliphatic rings. The maximum atomic E-state index is 12.1. The molecule has 0 bridgehead atoms. The highest BCUT2D eigenvalue weighted by molar-refractivity contribution is 5.79. The standard InChI is InChI=1S/C15H25NO4/c1-10-5-3-4-6-13(10)20-9-14(17)16-7-11(2)12(8-16)15(18)19/h10-13H,3-9H2,1-2H3,(H,18,19)/t10?,11-,12-,13?/m1/s1. The molecule has 0 aromatic carbocycles. The van der Waals surface area contributed by atoms with E-state index >= 15 is 0 Å². The number of nitrogens with zero attached hydrogens (tertiary/aromatic N) is 1. The van der Waals surface area contributed by atoms with Gasteiger partial charge in [-0.3, -0.25) is 9.59 Å². The number of carboxylic acids is 1. The molecule has 2 unspecified atom stereocenters. The van der Waals surface area contributed by atoms with Gasteiger partial charge in [0, 0.05) is 13.1 Å². The highest BCUT2D eigenvalue weighted by atomic mass is 16.5. The molecule has 114 valence electrons. The summed E-state index contributed by atoms with van der Waals surface area (Å²) in [6.45, 7) is 5.00. The fourth-order valence-electron chi connectivity index (χ4n) is 3.29.